The van der Waals surface area contributed by atoms with Gasteiger partial charge in [0.15, 0.2) is 0 Å². The van der Waals surface area contributed by atoms with E-state index in [-0.39, 0.29) is 11.6 Å². The van der Waals surface area contributed by atoms with Crippen LogP contribution in [0.25, 0.3) is 0 Å². The van der Waals surface area contributed by atoms with Crippen molar-refractivity contribution in [2.75, 3.05) is 12.4 Å². The molecule has 0 radical (unpaired) electrons. The normalized spacial score (nSPS) is 9.95. The van der Waals surface area contributed by atoms with E-state index in [1.165, 1.54) is 25.2 Å². The average Bonchev–Trinajstić information content (AvgIpc) is 2.52. The van der Waals surface area contributed by atoms with Gasteiger partial charge in [0, 0.05) is 37.6 Å². The highest BCUT2D eigenvalue weighted by Gasteiger charge is 2.16. The van der Waals surface area contributed by atoms with Gasteiger partial charge in [-0.1, -0.05) is 6.07 Å². The van der Waals surface area contributed by atoms with E-state index in [9.17, 15) is 14.9 Å². The van der Waals surface area contributed by atoms with Crippen LogP contribution in [-0.2, 0) is 6.54 Å². The van der Waals surface area contributed by atoms with Gasteiger partial charge in [-0.25, -0.2) is 0 Å². The number of nitro benzene ring substituents is 1. The summed E-state index contributed by atoms with van der Waals surface area (Å²) >= 11 is 0. The lowest BCUT2D eigenvalue weighted by molar-refractivity contribution is -0.384. The molecule has 0 bridgehead atoms. The molecule has 2 rings (SSSR count). The van der Waals surface area contributed by atoms with Crippen LogP contribution in [0.2, 0.25) is 0 Å². The number of nitro groups is 1. The Morgan fingerprint density at radius 3 is 2.81 bits per heavy atom. The van der Waals surface area contributed by atoms with E-state index < -0.39 is 4.92 Å². The van der Waals surface area contributed by atoms with Gasteiger partial charge in [-0.3, -0.25) is 19.9 Å². The minimum atomic E-state index is -0.487. The molecule has 21 heavy (non-hydrogen) atoms. The fourth-order valence-electron chi connectivity index (χ4n) is 1.82. The number of carbonyl (C=O) groups is 1. The molecule has 0 spiro atoms. The quantitative estimate of drug-likeness (QED) is 0.647. The number of anilines is 1. The lowest BCUT2D eigenvalue weighted by Gasteiger charge is -2.08. The van der Waals surface area contributed by atoms with Crippen LogP contribution >= 0.6 is 0 Å². The SMILES string of the molecule is CNC(=O)c1ccc([N+](=O)[O-])c(NCc2cccnc2)c1. The molecular weight excluding hydrogens is 272 g/mol. The number of hydrogen-bond acceptors (Lipinski definition) is 5. The molecule has 0 saturated carbocycles. The number of nitrogens with one attached hydrogen (secondary N) is 2. The minimum absolute atomic E-state index is 0.0773. The highest BCUT2D eigenvalue weighted by molar-refractivity contribution is 5.95. The van der Waals surface area contributed by atoms with Crippen molar-refractivity contribution in [2.24, 2.45) is 0 Å². The Morgan fingerprint density at radius 2 is 2.19 bits per heavy atom. The number of aromatic nitrogens is 1. The molecule has 0 aliphatic rings. The number of amides is 1. The van der Waals surface area contributed by atoms with Crippen LogP contribution < -0.4 is 10.6 Å². The minimum Gasteiger partial charge on any atom is -0.375 e. The topological polar surface area (TPSA) is 97.2 Å². The van der Waals surface area contributed by atoms with Crippen LogP contribution in [0.4, 0.5) is 11.4 Å². The zero-order valence-electron chi connectivity index (χ0n) is 11.4. The smallest absolute Gasteiger partial charge is 0.292 e. The van der Waals surface area contributed by atoms with Crippen LogP contribution in [0.5, 0.6) is 0 Å². The van der Waals surface area contributed by atoms with E-state index in [1.807, 2.05) is 6.07 Å². The molecule has 0 saturated heterocycles. The first kappa shape index (κ1) is 14.4. The lowest BCUT2D eigenvalue weighted by Crippen LogP contribution is -2.18. The van der Waals surface area contributed by atoms with Crippen LogP contribution in [0.15, 0.2) is 42.7 Å². The Balaban J connectivity index is 2.26. The summed E-state index contributed by atoms with van der Waals surface area (Å²) in [7, 11) is 1.51. The third-order valence-electron chi connectivity index (χ3n) is 2.89. The number of carbonyl (C=O) groups excluding carboxylic acids is 1. The summed E-state index contributed by atoms with van der Waals surface area (Å²) in [4.78, 5) is 26.1. The average molecular weight is 286 g/mol. The van der Waals surface area contributed by atoms with Crippen molar-refractivity contribution in [3.05, 3.63) is 64.0 Å². The summed E-state index contributed by atoms with van der Waals surface area (Å²) in [6, 6.07) is 7.84. The summed E-state index contributed by atoms with van der Waals surface area (Å²) in [6.07, 6.45) is 3.32. The maximum atomic E-state index is 11.6. The third-order valence-corrected chi connectivity index (χ3v) is 2.89. The van der Waals surface area contributed by atoms with Crippen LogP contribution in [0, 0.1) is 10.1 Å². The molecule has 1 aromatic carbocycles. The molecule has 0 atom stereocenters. The first-order chi connectivity index (χ1) is 10.1. The van der Waals surface area contributed by atoms with Gasteiger partial charge >= 0.3 is 0 Å². The number of nitrogens with zero attached hydrogens (tertiary/aromatic N) is 2. The highest BCUT2D eigenvalue weighted by atomic mass is 16.6. The van der Waals surface area contributed by atoms with Crippen molar-refractivity contribution < 1.29 is 9.72 Å². The van der Waals surface area contributed by atoms with Crippen molar-refractivity contribution in [1.82, 2.24) is 10.3 Å². The molecule has 0 fully saturated rings. The molecular formula is C14H14N4O3. The van der Waals surface area contributed by atoms with Crippen molar-refractivity contribution in [1.29, 1.82) is 0 Å². The Hall–Kier alpha value is -2.96. The number of pyridine rings is 1. The summed E-state index contributed by atoms with van der Waals surface area (Å²) in [5.41, 5.74) is 1.46. The predicted molar refractivity (Wildman–Crippen MR) is 78.1 cm³/mol. The zero-order valence-corrected chi connectivity index (χ0v) is 11.4. The summed E-state index contributed by atoms with van der Waals surface area (Å²) in [5, 5.41) is 16.5. The van der Waals surface area contributed by atoms with Crippen LogP contribution in [-0.4, -0.2) is 22.9 Å². The predicted octanol–water partition coefficient (Wildman–Crippen LogP) is 1.96. The van der Waals surface area contributed by atoms with Gasteiger partial charge < -0.3 is 10.6 Å². The van der Waals surface area contributed by atoms with Crippen LogP contribution in [0.1, 0.15) is 15.9 Å². The number of rotatable bonds is 5. The fourth-order valence-corrected chi connectivity index (χ4v) is 1.82. The second-order valence-corrected chi connectivity index (χ2v) is 4.28. The van der Waals surface area contributed by atoms with Gasteiger partial charge in [-0.15, -0.1) is 0 Å². The van der Waals surface area contributed by atoms with Gasteiger partial charge in [0.25, 0.3) is 11.6 Å². The van der Waals surface area contributed by atoms with Crippen molar-refractivity contribution >= 4 is 17.3 Å². The molecule has 7 heteroatoms. The van der Waals surface area contributed by atoms with E-state index in [2.05, 4.69) is 15.6 Å². The molecule has 7 nitrogen and oxygen atoms in total. The van der Waals surface area contributed by atoms with Gasteiger partial charge in [-0.2, -0.15) is 0 Å². The maximum absolute atomic E-state index is 11.6. The van der Waals surface area contributed by atoms with Gasteiger partial charge in [-0.05, 0) is 23.8 Å². The van der Waals surface area contributed by atoms with E-state index in [4.69, 9.17) is 0 Å². The van der Waals surface area contributed by atoms with Crippen molar-refractivity contribution in [3.63, 3.8) is 0 Å². The monoisotopic (exact) mass is 286 g/mol. The van der Waals surface area contributed by atoms with E-state index >= 15 is 0 Å². The molecule has 1 aromatic heterocycles. The Kier molecular flexibility index (Phi) is 4.45. The lowest BCUT2D eigenvalue weighted by atomic mass is 10.1. The second-order valence-electron chi connectivity index (χ2n) is 4.28. The molecule has 0 aliphatic heterocycles. The second kappa shape index (κ2) is 6.47. The molecule has 1 heterocycles. The van der Waals surface area contributed by atoms with Crippen LogP contribution in [0.3, 0.4) is 0 Å². The molecule has 108 valence electrons. The standard InChI is InChI=1S/C14H14N4O3/c1-15-14(19)11-4-5-13(18(20)21)12(7-11)17-9-10-3-2-6-16-8-10/h2-8,17H,9H2,1H3,(H,15,19). The number of benzene rings is 1. The molecule has 2 aromatic rings. The van der Waals surface area contributed by atoms with Crippen molar-refractivity contribution in [3.8, 4) is 0 Å². The molecule has 1 amide bonds. The van der Waals surface area contributed by atoms with Gasteiger partial charge in [0.1, 0.15) is 5.69 Å². The first-order valence-corrected chi connectivity index (χ1v) is 6.25. The fraction of sp³-hybridized carbons (Fsp3) is 0.143. The van der Waals surface area contributed by atoms with Crippen molar-refractivity contribution in [2.45, 2.75) is 6.54 Å². The Morgan fingerprint density at radius 1 is 1.38 bits per heavy atom. The van der Waals surface area contributed by atoms with E-state index in [0.717, 1.165) is 5.56 Å². The van der Waals surface area contributed by atoms with E-state index in [0.29, 0.717) is 17.8 Å². The highest BCUT2D eigenvalue weighted by Crippen LogP contribution is 2.26. The van der Waals surface area contributed by atoms with Gasteiger partial charge in [0.05, 0.1) is 4.92 Å². The molecule has 2 N–H and O–H groups in total. The summed E-state index contributed by atoms with van der Waals surface area (Å²) in [5.74, 6) is -0.297. The summed E-state index contributed by atoms with van der Waals surface area (Å²) in [6.45, 7) is 0.381. The largest absolute Gasteiger partial charge is 0.375 e. The zero-order chi connectivity index (χ0) is 15.2. The summed E-state index contributed by atoms with van der Waals surface area (Å²) < 4.78 is 0. The molecule has 0 unspecified atom stereocenters. The first-order valence-electron chi connectivity index (χ1n) is 6.25. The van der Waals surface area contributed by atoms with Gasteiger partial charge in [0.2, 0.25) is 0 Å². The Bertz CT molecular complexity index is 659. The molecule has 0 aliphatic carbocycles. The van der Waals surface area contributed by atoms with E-state index in [1.54, 1.807) is 18.5 Å². The third kappa shape index (κ3) is 3.53. The maximum Gasteiger partial charge on any atom is 0.292 e. The number of hydrogen-bond donors (Lipinski definition) is 2. The Labute approximate surface area is 121 Å².